The third-order valence-corrected chi connectivity index (χ3v) is 2.79. The summed E-state index contributed by atoms with van der Waals surface area (Å²) in [7, 11) is 3.42. The number of nitrogens with one attached hydrogen (secondary N) is 2. The van der Waals surface area contributed by atoms with E-state index in [1.165, 1.54) is 0 Å². The standard InChI is InChI=1S/C14H22N2O3/c1-5-19-12-7-6-11(8-13(12)18-4)14(17)16-9-10(2)15-3/h6-8,10,15H,5,9H2,1-4H3,(H,16,17). The first kappa shape index (κ1) is 15.3. The number of ether oxygens (including phenoxy) is 2. The van der Waals surface area contributed by atoms with E-state index in [1.54, 1.807) is 25.3 Å². The van der Waals surface area contributed by atoms with Crippen LogP contribution in [0, 0.1) is 0 Å². The summed E-state index contributed by atoms with van der Waals surface area (Å²) in [5, 5.41) is 5.92. The van der Waals surface area contributed by atoms with Crippen LogP contribution in [0.2, 0.25) is 0 Å². The molecular weight excluding hydrogens is 244 g/mol. The minimum absolute atomic E-state index is 0.122. The summed E-state index contributed by atoms with van der Waals surface area (Å²) >= 11 is 0. The van der Waals surface area contributed by atoms with Gasteiger partial charge in [0, 0.05) is 18.2 Å². The van der Waals surface area contributed by atoms with Crippen LogP contribution in [0.1, 0.15) is 24.2 Å². The summed E-state index contributed by atoms with van der Waals surface area (Å²) in [5.74, 6) is 1.09. The van der Waals surface area contributed by atoms with E-state index in [1.807, 2.05) is 20.9 Å². The minimum atomic E-state index is -0.122. The third-order valence-electron chi connectivity index (χ3n) is 2.79. The lowest BCUT2D eigenvalue weighted by atomic mass is 10.2. The molecule has 1 aromatic carbocycles. The molecule has 5 nitrogen and oxygen atoms in total. The Kier molecular flexibility index (Phi) is 6.15. The zero-order valence-electron chi connectivity index (χ0n) is 11.9. The van der Waals surface area contributed by atoms with Gasteiger partial charge in [-0.2, -0.15) is 0 Å². The number of benzene rings is 1. The Labute approximate surface area is 114 Å². The molecule has 1 unspecified atom stereocenters. The number of carbonyl (C=O) groups is 1. The molecule has 0 radical (unpaired) electrons. The summed E-state index contributed by atoms with van der Waals surface area (Å²) in [4.78, 5) is 12.0. The summed E-state index contributed by atoms with van der Waals surface area (Å²) in [5.41, 5.74) is 0.559. The average molecular weight is 266 g/mol. The first-order valence-electron chi connectivity index (χ1n) is 6.38. The Bertz CT molecular complexity index is 421. The number of amides is 1. The second kappa shape index (κ2) is 7.63. The Morgan fingerprint density at radius 3 is 2.68 bits per heavy atom. The first-order valence-corrected chi connectivity index (χ1v) is 6.38. The quantitative estimate of drug-likeness (QED) is 0.784. The number of hydrogen-bond donors (Lipinski definition) is 2. The number of likely N-dealkylation sites (N-methyl/N-ethyl adjacent to an activating group) is 1. The van der Waals surface area contributed by atoms with Crippen LogP contribution in [0.5, 0.6) is 11.5 Å². The topological polar surface area (TPSA) is 59.6 Å². The summed E-state index contributed by atoms with van der Waals surface area (Å²) in [6.07, 6.45) is 0. The van der Waals surface area contributed by atoms with Crippen LogP contribution in [0.25, 0.3) is 0 Å². The lowest BCUT2D eigenvalue weighted by Crippen LogP contribution is -2.37. The maximum absolute atomic E-state index is 12.0. The van der Waals surface area contributed by atoms with Crippen molar-refractivity contribution in [2.75, 3.05) is 27.3 Å². The smallest absolute Gasteiger partial charge is 0.251 e. The van der Waals surface area contributed by atoms with Gasteiger partial charge in [-0.15, -0.1) is 0 Å². The van der Waals surface area contributed by atoms with E-state index in [9.17, 15) is 4.79 Å². The molecule has 0 saturated carbocycles. The molecule has 0 saturated heterocycles. The molecule has 0 heterocycles. The van der Waals surface area contributed by atoms with Gasteiger partial charge in [0.1, 0.15) is 0 Å². The molecule has 19 heavy (non-hydrogen) atoms. The Hall–Kier alpha value is -1.75. The van der Waals surface area contributed by atoms with Gasteiger partial charge in [-0.05, 0) is 39.1 Å². The van der Waals surface area contributed by atoms with Gasteiger partial charge in [0.25, 0.3) is 5.91 Å². The highest BCUT2D eigenvalue weighted by Gasteiger charge is 2.11. The van der Waals surface area contributed by atoms with Crippen LogP contribution in [-0.4, -0.2) is 39.3 Å². The van der Waals surface area contributed by atoms with Crippen molar-refractivity contribution >= 4 is 5.91 Å². The van der Waals surface area contributed by atoms with E-state index in [0.717, 1.165) is 0 Å². The molecule has 1 aromatic rings. The van der Waals surface area contributed by atoms with Gasteiger partial charge in [-0.1, -0.05) is 0 Å². The fourth-order valence-electron chi connectivity index (χ4n) is 1.53. The molecule has 0 aliphatic carbocycles. The van der Waals surface area contributed by atoms with Gasteiger partial charge in [-0.3, -0.25) is 4.79 Å². The average Bonchev–Trinajstić information content (AvgIpc) is 2.44. The second-order valence-electron chi connectivity index (χ2n) is 4.20. The SMILES string of the molecule is CCOc1ccc(C(=O)NCC(C)NC)cc1OC. The number of carbonyl (C=O) groups excluding carboxylic acids is 1. The van der Waals surface area contributed by atoms with Crippen LogP contribution < -0.4 is 20.1 Å². The van der Waals surface area contributed by atoms with Crippen molar-refractivity contribution in [1.82, 2.24) is 10.6 Å². The minimum Gasteiger partial charge on any atom is -0.493 e. The zero-order valence-corrected chi connectivity index (χ0v) is 11.9. The van der Waals surface area contributed by atoms with E-state index in [4.69, 9.17) is 9.47 Å². The van der Waals surface area contributed by atoms with Gasteiger partial charge < -0.3 is 20.1 Å². The van der Waals surface area contributed by atoms with Crippen LogP contribution in [0.3, 0.4) is 0 Å². The predicted octanol–water partition coefficient (Wildman–Crippen LogP) is 1.43. The van der Waals surface area contributed by atoms with Crippen LogP contribution in [0.4, 0.5) is 0 Å². The lowest BCUT2D eigenvalue weighted by molar-refractivity contribution is 0.0950. The number of methoxy groups -OCH3 is 1. The third kappa shape index (κ3) is 4.44. The van der Waals surface area contributed by atoms with E-state index >= 15 is 0 Å². The molecule has 0 spiro atoms. The normalized spacial score (nSPS) is 11.8. The van der Waals surface area contributed by atoms with Crippen molar-refractivity contribution in [3.63, 3.8) is 0 Å². The van der Waals surface area contributed by atoms with Crippen molar-refractivity contribution < 1.29 is 14.3 Å². The molecule has 1 amide bonds. The van der Waals surface area contributed by atoms with Crippen molar-refractivity contribution in [2.24, 2.45) is 0 Å². The molecule has 0 fully saturated rings. The molecule has 0 aromatic heterocycles. The summed E-state index contributed by atoms with van der Waals surface area (Å²) < 4.78 is 10.6. The van der Waals surface area contributed by atoms with Crippen molar-refractivity contribution in [3.8, 4) is 11.5 Å². The monoisotopic (exact) mass is 266 g/mol. The van der Waals surface area contributed by atoms with Crippen molar-refractivity contribution in [3.05, 3.63) is 23.8 Å². The molecule has 5 heteroatoms. The van der Waals surface area contributed by atoms with Gasteiger partial charge in [0.15, 0.2) is 11.5 Å². The Balaban J connectivity index is 2.75. The fourth-order valence-corrected chi connectivity index (χ4v) is 1.53. The lowest BCUT2D eigenvalue weighted by Gasteiger charge is -2.13. The maximum atomic E-state index is 12.0. The first-order chi connectivity index (χ1) is 9.12. The van der Waals surface area contributed by atoms with E-state index in [2.05, 4.69) is 10.6 Å². The van der Waals surface area contributed by atoms with E-state index in [-0.39, 0.29) is 11.9 Å². The number of rotatable bonds is 7. The largest absolute Gasteiger partial charge is 0.493 e. The summed E-state index contributed by atoms with van der Waals surface area (Å²) in [6, 6.07) is 5.39. The highest BCUT2D eigenvalue weighted by atomic mass is 16.5. The Morgan fingerprint density at radius 2 is 2.11 bits per heavy atom. The van der Waals surface area contributed by atoms with Gasteiger partial charge in [-0.25, -0.2) is 0 Å². The molecule has 1 rings (SSSR count). The second-order valence-corrected chi connectivity index (χ2v) is 4.20. The molecule has 0 aliphatic heterocycles. The van der Waals surface area contributed by atoms with E-state index in [0.29, 0.717) is 30.2 Å². The molecular formula is C14H22N2O3. The van der Waals surface area contributed by atoms with Crippen molar-refractivity contribution in [1.29, 1.82) is 0 Å². The Morgan fingerprint density at radius 1 is 1.37 bits per heavy atom. The molecule has 0 bridgehead atoms. The van der Waals surface area contributed by atoms with Gasteiger partial charge >= 0.3 is 0 Å². The molecule has 0 aliphatic rings. The predicted molar refractivity (Wildman–Crippen MR) is 75.0 cm³/mol. The van der Waals surface area contributed by atoms with Gasteiger partial charge in [0.05, 0.1) is 13.7 Å². The highest BCUT2D eigenvalue weighted by molar-refractivity contribution is 5.94. The van der Waals surface area contributed by atoms with E-state index < -0.39 is 0 Å². The van der Waals surface area contributed by atoms with Crippen LogP contribution >= 0.6 is 0 Å². The van der Waals surface area contributed by atoms with Crippen LogP contribution in [-0.2, 0) is 0 Å². The molecule has 106 valence electrons. The summed E-state index contributed by atoms with van der Waals surface area (Å²) in [6.45, 7) is 5.03. The number of hydrogen-bond acceptors (Lipinski definition) is 4. The van der Waals surface area contributed by atoms with Crippen molar-refractivity contribution in [2.45, 2.75) is 19.9 Å². The zero-order chi connectivity index (χ0) is 14.3. The molecule has 1 atom stereocenters. The fraction of sp³-hybridized carbons (Fsp3) is 0.500. The maximum Gasteiger partial charge on any atom is 0.251 e. The highest BCUT2D eigenvalue weighted by Crippen LogP contribution is 2.27. The molecule has 2 N–H and O–H groups in total. The van der Waals surface area contributed by atoms with Crippen LogP contribution in [0.15, 0.2) is 18.2 Å². The van der Waals surface area contributed by atoms with Gasteiger partial charge in [0.2, 0.25) is 0 Å².